The van der Waals surface area contributed by atoms with Crippen LogP contribution in [0.25, 0.3) is 10.8 Å². The van der Waals surface area contributed by atoms with Crippen LogP contribution in [0.3, 0.4) is 0 Å². The molecule has 1 saturated carbocycles. The summed E-state index contributed by atoms with van der Waals surface area (Å²) < 4.78 is 34.7. The van der Waals surface area contributed by atoms with Gasteiger partial charge in [0.05, 0.1) is 18.1 Å². The van der Waals surface area contributed by atoms with Crippen molar-refractivity contribution in [3.8, 4) is 0 Å². The lowest BCUT2D eigenvalue weighted by molar-refractivity contribution is -0.0965. The smallest absolute Gasteiger partial charge is 0.243 e. The molecule has 2 aromatic carbocycles. The fourth-order valence-electron chi connectivity index (χ4n) is 6.24. The van der Waals surface area contributed by atoms with Gasteiger partial charge in [0.15, 0.2) is 0 Å². The zero-order valence-corrected chi connectivity index (χ0v) is 18.1. The summed E-state index contributed by atoms with van der Waals surface area (Å²) in [5.74, 6) is 0.405. The number of nitrogens with zero attached hydrogens (tertiary/aromatic N) is 2. The highest BCUT2D eigenvalue weighted by molar-refractivity contribution is 7.89. The van der Waals surface area contributed by atoms with Crippen molar-refractivity contribution in [3.05, 3.63) is 42.5 Å². The maximum Gasteiger partial charge on any atom is 0.243 e. The molecule has 5 rings (SSSR count). The van der Waals surface area contributed by atoms with Crippen LogP contribution in [0, 0.1) is 16.7 Å². The zero-order valence-electron chi connectivity index (χ0n) is 17.3. The predicted molar refractivity (Wildman–Crippen MR) is 114 cm³/mol. The summed E-state index contributed by atoms with van der Waals surface area (Å²) in [6, 6.07) is 13.4. The highest BCUT2D eigenvalue weighted by Gasteiger charge is 2.64. The third kappa shape index (κ3) is 3.12. The lowest BCUT2D eigenvalue weighted by Crippen LogP contribution is -2.59. The van der Waals surface area contributed by atoms with Crippen LogP contribution in [-0.4, -0.2) is 63.6 Å². The summed E-state index contributed by atoms with van der Waals surface area (Å²) >= 11 is 0. The van der Waals surface area contributed by atoms with E-state index in [1.807, 2.05) is 36.4 Å². The molecule has 156 valence electrons. The minimum absolute atomic E-state index is 0.0680. The van der Waals surface area contributed by atoms with Gasteiger partial charge in [-0.3, -0.25) is 4.90 Å². The van der Waals surface area contributed by atoms with Gasteiger partial charge in [-0.2, -0.15) is 4.31 Å². The first-order valence-electron chi connectivity index (χ1n) is 10.6. The fourth-order valence-corrected chi connectivity index (χ4v) is 8.01. The maximum atomic E-state index is 13.7. The number of rotatable bonds is 4. The van der Waals surface area contributed by atoms with E-state index in [1.54, 1.807) is 10.4 Å². The molecule has 3 aliphatic rings. The van der Waals surface area contributed by atoms with Crippen molar-refractivity contribution in [2.75, 3.05) is 45.9 Å². The van der Waals surface area contributed by atoms with E-state index in [2.05, 4.69) is 18.7 Å². The average Bonchev–Trinajstić information content (AvgIpc) is 3.03. The van der Waals surface area contributed by atoms with E-state index in [-0.39, 0.29) is 10.8 Å². The third-order valence-corrected chi connectivity index (χ3v) is 9.25. The largest absolute Gasteiger partial charge is 0.379 e. The number of sulfonamides is 1. The third-order valence-electron chi connectivity index (χ3n) is 7.38. The molecule has 5 nitrogen and oxygen atoms in total. The van der Waals surface area contributed by atoms with E-state index in [0.717, 1.165) is 50.0 Å². The Labute approximate surface area is 173 Å². The van der Waals surface area contributed by atoms with Gasteiger partial charge in [-0.05, 0) is 29.2 Å². The molecule has 0 N–H and O–H groups in total. The molecule has 0 radical (unpaired) electrons. The van der Waals surface area contributed by atoms with Gasteiger partial charge >= 0.3 is 0 Å². The molecule has 2 saturated heterocycles. The summed E-state index contributed by atoms with van der Waals surface area (Å²) in [6.45, 7) is 10.3. The Kier molecular flexibility index (Phi) is 4.55. The second-order valence-corrected chi connectivity index (χ2v) is 11.7. The van der Waals surface area contributed by atoms with E-state index in [1.165, 1.54) is 0 Å². The minimum Gasteiger partial charge on any atom is -0.379 e. The Balaban J connectivity index is 1.47. The van der Waals surface area contributed by atoms with Gasteiger partial charge < -0.3 is 4.74 Å². The van der Waals surface area contributed by atoms with Gasteiger partial charge in [-0.25, -0.2) is 8.42 Å². The number of fused-ring (bicyclic) bond motifs is 2. The SMILES string of the molecule is CC1(C)C[C@]2(CN3CCOCC3)CN(S(=O)(=O)c3cccc4ccccc34)C[C@H]12. The van der Waals surface area contributed by atoms with Crippen LogP contribution in [0.2, 0.25) is 0 Å². The molecule has 2 atom stereocenters. The standard InChI is InChI=1S/C23H30N2O3S/c1-22(2)15-23(16-24-10-12-28-13-11-24)17-25(14-21(22)23)29(26,27)20-9-5-7-18-6-3-4-8-19(18)20/h3-9,21H,10-17H2,1-2H3/t21-,23+/m1/s1. The van der Waals surface area contributed by atoms with Crippen LogP contribution in [0.15, 0.2) is 47.4 Å². The molecule has 3 fully saturated rings. The lowest BCUT2D eigenvalue weighted by atomic mass is 9.48. The predicted octanol–water partition coefficient (Wildman–Crippen LogP) is 3.21. The Morgan fingerprint density at radius 3 is 2.55 bits per heavy atom. The number of morpholine rings is 1. The average molecular weight is 415 g/mol. The molecule has 0 spiro atoms. The van der Waals surface area contributed by atoms with Crippen molar-refractivity contribution in [2.24, 2.45) is 16.7 Å². The number of hydrogen-bond donors (Lipinski definition) is 0. The van der Waals surface area contributed by atoms with Crippen molar-refractivity contribution in [1.82, 2.24) is 9.21 Å². The topological polar surface area (TPSA) is 49.9 Å². The monoisotopic (exact) mass is 414 g/mol. The van der Waals surface area contributed by atoms with Gasteiger partial charge in [-0.15, -0.1) is 0 Å². The van der Waals surface area contributed by atoms with Gasteiger partial charge in [0.25, 0.3) is 0 Å². The first-order chi connectivity index (χ1) is 13.8. The fraction of sp³-hybridized carbons (Fsp3) is 0.565. The first kappa shape index (κ1) is 19.5. The van der Waals surface area contributed by atoms with Crippen molar-refractivity contribution in [1.29, 1.82) is 0 Å². The van der Waals surface area contributed by atoms with Crippen molar-refractivity contribution >= 4 is 20.8 Å². The molecule has 0 amide bonds. The van der Waals surface area contributed by atoms with Crippen LogP contribution in [0.4, 0.5) is 0 Å². The van der Waals surface area contributed by atoms with Gasteiger partial charge in [0.2, 0.25) is 10.0 Å². The van der Waals surface area contributed by atoms with Crippen LogP contribution in [0.1, 0.15) is 20.3 Å². The van der Waals surface area contributed by atoms with Gasteiger partial charge in [0, 0.05) is 43.5 Å². The second-order valence-electron chi connectivity index (χ2n) is 9.74. The normalized spacial score (nSPS) is 30.2. The maximum absolute atomic E-state index is 13.7. The number of benzene rings is 2. The second kappa shape index (κ2) is 6.77. The Bertz CT molecular complexity index is 1020. The molecule has 0 unspecified atom stereocenters. The summed E-state index contributed by atoms with van der Waals surface area (Å²) in [5.41, 5.74) is 0.258. The Morgan fingerprint density at radius 2 is 1.79 bits per heavy atom. The van der Waals surface area contributed by atoms with E-state index in [9.17, 15) is 8.42 Å². The quantitative estimate of drug-likeness (QED) is 0.771. The molecular weight excluding hydrogens is 384 g/mol. The van der Waals surface area contributed by atoms with Crippen LogP contribution in [-0.2, 0) is 14.8 Å². The van der Waals surface area contributed by atoms with E-state index < -0.39 is 10.0 Å². The number of ether oxygens (including phenoxy) is 1. The molecule has 2 heterocycles. The minimum atomic E-state index is -3.53. The summed E-state index contributed by atoms with van der Waals surface area (Å²) in [7, 11) is -3.53. The van der Waals surface area contributed by atoms with Crippen LogP contribution < -0.4 is 0 Å². The van der Waals surface area contributed by atoms with Crippen molar-refractivity contribution in [3.63, 3.8) is 0 Å². The lowest BCUT2D eigenvalue weighted by Gasteiger charge is -2.58. The molecule has 2 aromatic rings. The van der Waals surface area contributed by atoms with Crippen LogP contribution >= 0.6 is 0 Å². The summed E-state index contributed by atoms with van der Waals surface area (Å²) in [5, 5.41) is 1.79. The number of hydrogen-bond acceptors (Lipinski definition) is 4. The molecule has 29 heavy (non-hydrogen) atoms. The van der Waals surface area contributed by atoms with Gasteiger partial charge in [-0.1, -0.05) is 50.2 Å². The molecule has 0 aromatic heterocycles. The first-order valence-corrected chi connectivity index (χ1v) is 12.0. The van der Waals surface area contributed by atoms with E-state index in [0.29, 0.717) is 23.9 Å². The highest BCUT2D eigenvalue weighted by atomic mass is 32.2. The van der Waals surface area contributed by atoms with E-state index >= 15 is 0 Å². The molecular formula is C23H30N2O3S. The van der Waals surface area contributed by atoms with Crippen molar-refractivity contribution < 1.29 is 13.2 Å². The van der Waals surface area contributed by atoms with E-state index in [4.69, 9.17) is 4.74 Å². The molecule has 0 bridgehead atoms. The van der Waals surface area contributed by atoms with Crippen molar-refractivity contribution in [2.45, 2.75) is 25.2 Å². The molecule has 1 aliphatic carbocycles. The highest BCUT2D eigenvalue weighted by Crippen LogP contribution is 2.63. The summed E-state index contributed by atoms with van der Waals surface area (Å²) in [4.78, 5) is 2.91. The Hall–Kier alpha value is -1.47. The van der Waals surface area contributed by atoms with Crippen LogP contribution in [0.5, 0.6) is 0 Å². The summed E-state index contributed by atoms with van der Waals surface area (Å²) in [6.07, 6.45) is 1.09. The Morgan fingerprint density at radius 1 is 1.07 bits per heavy atom. The van der Waals surface area contributed by atoms with Gasteiger partial charge in [0.1, 0.15) is 0 Å². The molecule has 2 aliphatic heterocycles. The zero-order chi connectivity index (χ0) is 20.3. The molecule has 6 heteroatoms.